The Balaban J connectivity index is 2.22. The second kappa shape index (κ2) is 6.95. The molecule has 0 aliphatic rings. The highest BCUT2D eigenvalue weighted by Crippen LogP contribution is 2.28. The summed E-state index contributed by atoms with van der Waals surface area (Å²) in [5.74, 6) is 1.25. The summed E-state index contributed by atoms with van der Waals surface area (Å²) >= 11 is 0. The quantitative estimate of drug-likeness (QED) is 0.859. The molecule has 0 heterocycles. The van der Waals surface area contributed by atoms with Gasteiger partial charge in [-0.05, 0) is 37.1 Å². The summed E-state index contributed by atoms with van der Waals surface area (Å²) in [5, 5.41) is 0. The molecule has 2 nitrogen and oxygen atoms in total. The van der Waals surface area contributed by atoms with E-state index in [-0.39, 0.29) is 0 Å². The molecule has 0 amide bonds. The number of hydrogen-bond donors (Lipinski definition) is 1. The SMILES string of the molecule is CCOc1ccccc1C(CN)Cc1ccccc1. The molecule has 1 unspecified atom stereocenters. The van der Waals surface area contributed by atoms with Crippen molar-refractivity contribution in [1.82, 2.24) is 0 Å². The van der Waals surface area contributed by atoms with Gasteiger partial charge in [0.2, 0.25) is 0 Å². The Morgan fingerprint density at radius 2 is 1.68 bits per heavy atom. The third-order valence-electron chi connectivity index (χ3n) is 3.27. The van der Waals surface area contributed by atoms with Crippen molar-refractivity contribution in [3.63, 3.8) is 0 Å². The van der Waals surface area contributed by atoms with Crippen LogP contribution in [-0.4, -0.2) is 13.2 Å². The maximum atomic E-state index is 5.96. The molecule has 2 aromatic carbocycles. The highest BCUT2D eigenvalue weighted by Gasteiger charge is 2.15. The molecule has 1 atom stereocenters. The lowest BCUT2D eigenvalue weighted by Crippen LogP contribution is -2.16. The second-order valence-corrected chi connectivity index (χ2v) is 4.59. The van der Waals surface area contributed by atoms with Crippen molar-refractivity contribution < 1.29 is 4.74 Å². The van der Waals surface area contributed by atoms with Gasteiger partial charge in [-0.15, -0.1) is 0 Å². The van der Waals surface area contributed by atoms with Crippen molar-refractivity contribution in [2.24, 2.45) is 5.73 Å². The van der Waals surface area contributed by atoms with Gasteiger partial charge in [0.15, 0.2) is 0 Å². The topological polar surface area (TPSA) is 35.2 Å². The third kappa shape index (κ3) is 3.58. The van der Waals surface area contributed by atoms with Gasteiger partial charge in [-0.25, -0.2) is 0 Å². The van der Waals surface area contributed by atoms with Crippen LogP contribution in [0.3, 0.4) is 0 Å². The molecule has 2 aromatic rings. The standard InChI is InChI=1S/C17H21NO/c1-2-19-17-11-7-6-10-16(17)15(13-18)12-14-8-4-3-5-9-14/h3-11,15H,2,12-13,18H2,1H3. The highest BCUT2D eigenvalue weighted by molar-refractivity contribution is 5.37. The van der Waals surface area contributed by atoms with E-state index in [4.69, 9.17) is 10.5 Å². The van der Waals surface area contributed by atoms with Gasteiger partial charge in [-0.3, -0.25) is 0 Å². The van der Waals surface area contributed by atoms with Crippen molar-refractivity contribution in [3.8, 4) is 5.75 Å². The van der Waals surface area contributed by atoms with E-state index in [0.717, 1.165) is 12.2 Å². The number of rotatable bonds is 6. The first-order chi connectivity index (χ1) is 9.35. The van der Waals surface area contributed by atoms with E-state index in [0.29, 0.717) is 19.1 Å². The number of para-hydroxylation sites is 1. The van der Waals surface area contributed by atoms with Gasteiger partial charge >= 0.3 is 0 Å². The summed E-state index contributed by atoms with van der Waals surface area (Å²) in [4.78, 5) is 0. The van der Waals surface area contributed by atoms with Gasteiger partial charge in [0, 0.05) is 5.92 Å². The molecular formula is C17H21NO. The average molecular weight is 255 g/mol. The third-order valence-corrected chi connectivity index (χ3v) is 3.27. The number of nitrogens with two attached hydrogens (primary N) is 1. The van der Waals surface area contributed by atoms with Gasteiger partial charge in [-0.1, -0.05) is 48.5 Å². The summed E-state index contributed by atoms with van der Waals surface area (Å²) in [6, 6.07) is 18.6. The van der Waals surface area contributed by atoms with Gasteiger partial charge < -0.3 is 10.5 Å². The Morgan fingerprint density at radius 1 is 1.00 bits per heavy atom. The van der Waals surface area contributed by atoms with Gasteiger partial charge in [0.25, 0.3) is 0 Å². The molecule has 0 saturated heterocycles. The molecule has 0 aliphatic heterocycles. The van der Waals surface area contributed by atoms with Crippen LogP contribution < -0.4 is 10.5 Å². The van der Waals surface area contributed by atoms with Crippen LogP contribution in [0.2, 0.25) is 0 Å². The predicted octanol–water partition coefficient (Wildman–Crippen LogP) is 3.37. The summed E-state index contributed by atoms with van der Waals surface area (Å²) < 4.78 is 5.70. The Hall–Kier alpha value is -1.80. The van der Waals surface area contributed by atoms with Crippen LogP contribution in [0.4, 0.5) is 0 Å². The Morgan fingerprint density at radius 3 is 2.37 bits per heavy atom. The molecule has 0 aromatic heterocycles. The smallest absolute Gasteiger partial charge is 0.122 e. The number of hydrogen-bond acceptors (Lipinski definition) is 2. The fraction of sp³-hybridized carbons (Fsp3) is 0.294. The summed E-state index contributed by atoms with van der Waals surface area (Å²) in [6.45, 7) is 3.31. The fourth-order valence-electron chi connectivity index (χ4n) is 2.32. The van der Waals surface area contributed by atoms with Crippen molar-refractivity contribution in [2.45, 2.75) is 19.3 Å². The molecule has 19 heavy (non-hydrogen) atoms. The van der Waals surface area contributed by atoms with Crippen LogP contribution in [0.1, 0.15) is 24.0 Å². The van der Waals surface area contributed by atoms with Crippen molar-refractivity contribution in [1.29, 1.82) is 0 Å². The number of benzene rings is 2. The molecule has 0 fully saturated rings. The van der Waals surface area contributed by atoms with E-state index in [1.807, 2.05) is 31.2 Å². The zero-order valence-corrected chi connectivity index (χ0v) is 11.4. The molecule has 2 heteroatoms. The lowest BCUT2D eigenvalue weighted by atomic mass is 9.91. The van der Waals surface area contributed by atoms with Gasteiger partial charge in [0.05, 0.1) is 6.61 Å². The van der Waals surface area contributed by atoms with Crippen molar-refractivity contribution in [2.75, 3.05) is 13.2 Å². The molecule has 0 spiro atoms. The lowest BCUT2D eigenvalue weighted by molar-refractivity contribution is 0.334. The second-order valence-electron chi connectivity index (χ2n) is 4.59. The molecule has 100 valence electrons. The summed E-state index contributed by atoms with van der Waals surface area (Å²) in [6.07, 6.45) is 0.946. The van der Waals surface area contributed by atoms with E-state index < -0.39 is 0 Å². The average Bonchev–Trinajstić information content (AvgIpc) is 2.47. The predicted molar refractivity (Wildman–Crippen MR) is 79.6 cm³/mol. The minimum atomic E-state index is 0.296. The zero-order chi connectivity index (χ0) is 13.5. The van der Waals surface area contributed by atoms with E-state index in [9.17, 15) is 0 Å². The molecule has 2 rings (SSSR count). The normalized spacial score (nSPS) is 12.1. The molecule has 0 radical (unpaired) electrons. The van der Waals surface area contributed by atoms with E-state index in [1.165, 1.54) is 11.1 Å². The minimum absolute atomic E-state index is 0.296. The molecular weight excluding hydrogens is 234 g/mol. The van der Waals surface area contributed by atoms with Crippen LogP contribution >= 0.6 is 0 Å². The Bertz CT molecular complexity index is 496. The van der Waals surface area contributed by atoms with Crippen molar-refractivity contribution in [3.05, 3.63) is 65.7 Å². The van der Waals surface area contributed by atoms with Crippen LogP contribution in [-0.2, 0) is 6.42 Å². The lowest BCUT2D eigenvalue weighted by Gasteiger charge is -2.19. The Kier molecular flexibility index (Phi) is 4.99. The first-order valence-corrected chi connectivity index (χ1v) is 6.80. The van der Waals surface area contributed by atoms with Crippen LogP contribution in [0.25, 0.3) is 0 Å². The van der Waals surface area contributed by atoms with Crippen molar-refractivity contribution >= 4 is 0 Å². The maximum absolute atomic E-state index is 5.96. The number of ether oxygens (including phenoxy) is 1. The minimum Gasteiger partial charge on any atom is -0.494 e. The summed E-state index contributed by atoms with van der Waals surface area (Å²) in [7, 11) is 0. The molecule has 2 N–H and O–H groups in total. The first kappa shape index (κ1) is 13.6. The maximum Gasteiger partial charge on any atom is 0.122 e. The highest BCUT2D eigenvalue weighted by atomic mass is 16.5. The summed E-state index contributed by atoms with van der Waals surface area (Å²) in [5.41, 5.74) is 8.48. The van der Waals surface area contributed by atoms with E-state index in [2.05, 4.69) is 30.3 Å². The van der Waals surface area contributed by atoms with Crippen LogP contribution in [0.5, 0.6) is 5.75 Å². The first-order valence-electron chi connectivity index (χ1n) is 6.80. The van der Waals surface area contributed by atoms with E-state index in [1.54, 1.807) is 0 Å². The Labute approximate surface area is 115 Å². The van der Waals surface area contributed by atoms with Crippen LogP contribution in [0, 0.1) is 0 Å². The molecule has 0 saturated carbocycles. The monoisotopic (exact) mass is 255 g/mol. The largest absolute Gasteiger partial charge is 0.494 e. The molecule has 0 aliphatic carbocycles. The fourth-order valence-corrected chi connectivity index (χ4v) is 2.32. The molecule has 0 bridgehead atoms. The van der Waals surface area contributed by atoms with E-state index >= 15 is 0 Å². The van der Waals surface area contributed by atoms with Gasteiger partial charge in [-0.2, -0.15) is 0 Å². The van der Waals surface area contributed by atoms with Gasteiger partial charge in [0.1, 0.15) is 5.75 Å². The van der Waals surface area contributed by atoms with Crippen LogP contribution in [0.15, 0.2) is 54.6 Å². The zero-order valence-electron chi connectivity index (χ0n) is 11.4.